The van der Waals surface area contributed by atoms with Gasteiger partial charge in [0.1, 0.15) is 6.23 Å². The Morgan fingerprint density at radius 2 is 2.09 bits per heavy atom. The van der Waals surface area contributed by atoms with Gasteiger partial charge >= 0.3 is 6.18 Å². The van der Waals surface area contributed by atoms with Gasteiger partial charge in [-0.2, -0.15) is 13.2 Å². The van der Waals surface area contributed by atoms with E-state index in [9.17, 15) is 18.0 Å². The molecule has 2 aliphatic heterocycles. The summed E-state index contributed by atoms with van der Waals surface area (Å²) in [5.41, 5.74) is 12.5. The molecule has 0 aliphatic carbocycles. The summed E-state index contributed by atoms with van der Waals surface area (Å²) < 4.78 is 45.5. The number of nitrogen functional groups attached to an aromatic ring is 1. The smallest absolute Gasteiger partial charge is 0.405 e. The average Bonchev–Trinajstić information content (AvgIpc) is 2.82. The summed E-state index contributed by atoms with van der Waals surface area (Å²) >= 11 is 5.97. The van der Waals surface area contributed by atoms with Gasteiger partial charge in [-0.1, -0.05) is 17.7 Å². The lowest BCUT2D eigenvalue weighted by Crippen LogP contribution is -2.38. The second-order valence-electron chi connectivity index (χ2n) is 8.19. The second-order valence-corrected chi connectivity index (χ2v) is 8.57. The predicted molar refractivity (Wildman–Crippen MR) is 125 cm³/mol. The van der Waals surface area contributed by atoms with Crippen molar-refractivity contribution in [3.63, 3.8) is 0 Å². The molecule has 3 heterocycles. The third kappa shape index (κ3) is 5.40. The van der Waals surface area contributed by atoms with Gasteiger partial charge in [0.25, 0.3) is 5.91 Å². The molecule has 0 radical (unpaired) electrons. The van der Waals surface area contributed by atoms with Crippen molar-refractivity contribution < 1.29 is 22.7 Å². The number of halogens is 4. The zero-order chi connectivity index (χ0) is 25.2. The number of carbonyl (C=O) groups excluding carboxylic acids is 1. The molecular formula is C23H24ClF3N6O2. The van der Waals surface area contributed by atoms with E-state index in [2.05, 4.69) is 15.0 Å². The topological polar surface area (TPSA) is 120 Å². The first-order valence-electron chi connectivity index (χ1n) is 11.1. The molecule has 2 aliphatic rings. The number of aromatic nitrogens is 2. The molecule has 1 fully saturated rings. The fourth-order valence-corrected chi connectivity index (χ4v) is 4.49. The number of hydrogen-bond acceptors (Lipinski definition) is 7. The Labute approximate surface area is 204 Å². The summed E-state index contributed by atoms with van der Waals surface area (Å²) in [6.07, 6.45) is 1.04. The molecule has 4 N–H and O–H groups in total. The number of aliphatic imine (C=N–C) groups is 1. The zero-order valence-electron chi connectivity index (χ0n) is 18.7. The van der Waals surface area contributed by atoms with E-state index in [-0.39, 0.29) is 30.8 Å². The van der Waals surface area contributed by atoms with Crippen LogP contribution in [-0.2, 0) is 23.9 Å². The normalized spacial score (nSPS) is 19.1. The van der Waals surface area contributed by atoms with Crippen LogP contribution >= 0.6 is 11.6 Å². The molecule has 1 aromatic carbocycles. The highest BCUT2D eigenvalue weighted by Gasteiger charge is 2.36. The lowest BCUT2D eigenvalue weighted by atomic mass is 9.99. The molecule has 1 unspecified atom stereocenters. The van der Waals surface area contributed by atoms with Crippen molar-refractivity contribution >= 4 is 29.2 Å². The number of nitrogens with zero attached hydrogens (tertiary/aromatic N) is 4. The van der Waals surface area contributed by atoms with E-state index in [0.29, 0.717) is 30.1 Å². The third-order valence-electron chi connectivity index (χ3n) is 5.84. The number of nitrogens with two attached hydrogens (primary N) is 2. The van der Waals surface area contributed by atoms with Crippen LogP contribution in [0.2, 0.25) is 5.02 Å². The minimum absolute atomic E-state index is 0.0205. The van der Waals surface area contributed by atoms with Gasteiger partial charge in [-0.25, -0.2) is 9.97 Å². The van der Waals surface area contributed by atoms with Crippen LogP contribution in [0.5, 0.6) is 0 Å². The Kier molecular flexibility index (Phi) is 7.27. The van der Waals surface area contributed by atoms with Gasteiger partial charge in [0, 0.05) is 18.7 Å². The minimum Gasteiger partial charge on any atom is -0.405 e. The number of hydrogen-bond donors (Lipinski definition) is 2. The van der Waals surface area contributed by atoms with Crippen molar-refractivity contribution in [2.45, 2.75) is 44.6 Å². The van der Waals surface area contributed by atoms with Gasteiger partial charge in [-0.15, -0.1) is 0 Å². The number of fused-ring (bicyclic) bond motifs is 1. The number of alkyl halides is 3. The quantitative estimate of drug-likeness (QED) is 0.607. The van der Waals surface area contributed by atoms with Crippen LogP contribution in [0.4, 0.5) is 19.1 Å². The molecule has 1 aromatic heterocycles. The number of benzene rings is 1. The monoisotopic (exact) mass is 508 g/mol. The molecule has 0 saturated carbocycles. The molecule has 0 spiro atoms. The van der Waals surface area contributed by atoms with Crippen LogP contribution in [0.1, 0.15) is 52.1 Å². The molecule has 4 rings (SSSR count). The van der Waals surface area contributed by atoms with E-state index in [1.165, 1.54) is 17.2 Å². The van der Waals surface area contributed by atoms with Gasteiger partial charge in [-0.05, 0) is 50.1 Å². The van der Waals surface area contributed by atoms with Crippen LogP contribution in [0.25, 0.3) is 0 Å². The van der Waals surface area contributed by atoms with Gasteiger partial charge in [0.05, 0.1) is 39.8 Å². The van der Waals surface area contributed by atoms with Crippen LogP contribution in [0.3, 0.4) is 0 Å². The number of carbonyl (C=O) groups is 1. The SMILES string of the molecule is NC=CC(=NC1CCCCO1)c1nc(N)nc2c1CCN(C(=O)c1cccc(C(F)(F)F)c1Cl)C2. The molecule has 0 bridgehead atoms. The Morgan fingerprint density at radius 3 is 2.77 bits per heavy atom. The predicted octanol–water partition coefficient (Wildman–Crippen LogP) is 3.72. The largest absolute Gasteiger partial charge is 0.417 e. The first-order chi connectivity index (χ1) is 16.7. The fraction of sp³-hybridized carbons (Fsp3) is 0.391. The average molecular weight is 509 g/mol. The Bertz CT molecular complexity index is 1180. The van der Waals surface area contributed by atoms with E-state index in [4.69, 9.17) is 27.8 Å². The van der Waals surface area contributed by atoms with Crippen LogP contribution in [-0.4, -0.2) is 45.9 Å². The molecule has 12 heteroatoms. The number of allylic oxidation sites excluding steroid dienone is 1. The van der Waals surface area contributed by atoms with Crippen molar-refractivity contribution in [2.24, 2.45) is 10.7 Å². The first kappa shape index (κ1) is 24.9. The summed E-state index contributed by atoms with van der Waals surface area (Å²) in [5.74, 6) is -0.648. The van der Waals surface area contributed by atoms with E-state index in [1.807, 2.05) is 0 Å². The van der Waals surface area contributed by atoms with Gasteiger partial charge in [0.2, 0.25) is 5.95 Å². The molecule has 2 aromatic rings. The molecular weight excluding hydrogens is 485 g/mol. The van der Waals surface area contributed by atoms with Crippen molar-refractivity contribution in [2.75, 3.05) is 18.9 Å². The lowest BCUT2D eigenvalue weighted by Gasteiger charge is -2.30. The summed E-state index contributed by atoms with van der Waals surface area (Å²) in [6.45, 7) is 0.866. The van der Waals surface area contributed by atoms with Crippen molar-refractivity contribution in [1.29, 1.82) is 0 Å². The number of amides is 1. The number of rotatable bonds is 4. The Balaban J connectivity index is 1.65. The highest BCUT2D eigenvalue weighted by atomic mass is 35.5. The molecule has 1 amide bonds. The molecule has 8 nitrogen and oxygen atoms in total. The van der Waals surface area contributed by atoms with Crippen LogP contribution in [0.15, 0.2) is 35.5 Å². The highest BCUT2D eigenvalue weighted by Crippen LogP contribution is 2.37. The van der Waals surface area contributed by atoms with Gasteiger partial charge in [-0.3, -0.25) is 9.79 Å². The van der Waals surface area contributed by atoms with Crippen LogP contribution < -0.4 is 11.5 Å². The maximum atomic E-state index is 13.3. The Hall–Kier alpha value is -3.18. The fourth-order valence-electron chi connectivity index (χ4n) is 4.18. The molecule has 35 heavy (non-hydrogen) atoms. The standard InChI is InChI=1S/C23H24ClF3N6O2/c24-19-14(4-3-5-15(19)23(25,26)27)21(34)33-10-8-13-17(12-33)31-22(29)32-20(13)16(7-9-28)30-18-6-1-2-11-35-18/h3-5,7,9,18H,1-2,6,8,10-12,28H2,(H2,29,31,32). The number of anilines is 1. The van der Waals surface area contributed by atoms with Crippen molar-refractivity contribution in [3.8, 4) is 0 Å². The molecule has 186 valence electrons. The molecule has 1 saturated heterocycles. The van der Waals surface area contributed by atoms with Crippen molar-refractivity contribution in [1.82, 2.24) is 14.9 Å². The summed E-state index contributed by atoms with van der Waals surface area (Å²) in [6, 6.07) is 3.27. The molecule has 1 atom stereocenters. The third-order valence-corrected chi connectivity index (χ3v) is 6.25. The summed E-state index contributed by atoms with van der Waals surface area (Å²) in [4.78, 5) is 27.8. The Morgan fingerprint density at radius 1 is 1.29 bits per heavy atom. The first-order valence-corrected chi connectivity index (χ1v) is 11.4. The van der Waals surface area contributed by atoms with Gasteiger partial charge in [0.15, 0.2) is 0 Å². The van der Waals surface area contributed by atoms with E-state index in [0.717, 1.165) is 37.0 Å². The second kappa shape index (κ2) is 10.2. The van der Waals surface area contributed by atoms with E-state index < -0.39 is 22.7 Å². The van der Waals surface area contributed by atoms with E-state index in [1.54, 1.807) is 6.08 Å². The van der Waals surface area contributed by atoms with Crippen LogP contribution in [0, 0.1) is 0 Å². The maximum absolute atomic E-state index is 13.3. The lowest BCUT2D eigenvalue weighted by molar-refractivity contribution is -0.137. The van der Waals surface area contributed by atoms with Crippen molar-refractivity contribution in [3.05, 3.63) is 63.6 Å². The maximum Gasteiger partial charge on any atom is 0.417 e. The zero-order valence-corrected chi connectivity index (χ0v) is 19.4. The minimum atomic E-state index is -4.67. The number of ether oxygens (including phenoxy) is 1. The van der Waals surface area contributed by atoms with Gasteiger partial charge < -0.3 is 21.1 Å². The highest BCUT2D eigenvalue weighted by molar-refractivity contribution is 6.34. The summed E-state index contributed by atoms with van der Waals surface area (Å²) in [7, 11) is 0. The summed E-state index contributed by atoms with van der Waals surface area (Å²) in [5, 5.41) is -0.631. The van der Waals surface area contributed by atoms with E-state index >= 15 is 0 Å².